The SMILES string of the molecule is Cc1ccccc1-c1nsc(=O)[nH]1. The highest BCUT2D eigenvalue weighted by Crippen LogP contribution is 2.17. The summed E-state index contributed by atoms with van der Waals surface area (Å²) in [6.07, 6.45) is 0. The van der Waals surface area contributed by atoms with E-state index >= 15 is 0 Å². The molecule has 0 amide bonds. The van der Waals surface area contributed by atoms with Gasteiger partial charge >= 0.3 is 4.87 Å². The molecule has 66 valence electrons. The normalized spacial score (nSPS) is 10.2. The number of nitrogens with one attached hydrogen (secondary N) is 1. The summed E-state index contributed by atoms with van der Waals surface area (Å²) >= 11 is 0.947. The number of hydrogen-bond donors (Lipinski definition) is 1. The predicted molar refractivity (Wildman–Crippen MR) is 52.9 cm³/mol. The van der Waals surface area contributed by atoms with Gasteiger partial charge in [-0.3, -0.25) is 9.78 Å². The van der Waals surface area contributed by atoms with Crippen molar-refractivity contribution >= 4 is 11.5 Å². The fraction of sp³-hybridized carbons (Fsp3) is 0.111. The number of rotatable bonds is 1. The van der Waals surface area contributed by atoms with E-state index in [9.17, 15) is 4.79 Å². The first-order valence-electron chi connectivity index (χ1n) is 3.89. The van der Waals surface area contributed by atoms with Gasteiger partial charge in [0.1, 0.15) is 0 Å². The minimum Gasteiger partial charge on any atom is -0.296 e. The van der Waals surface area contributed by atoms with E-state index in [1.165, 1.54) is 0 Å². The van der Waals surface area contributed by atoms with Crippen molar-refractivity contribution in [3.63, 3.8) is 0 Å². The Morgan fingerprint density at radius 1 is 1.38 bits per heavy atom. The van der Waals surface area contributed by atoms with Crippen LogP contribution >= 0.6 is 11.5 Å². The van der Waals surface area contributed by atoms with E-state index in [4.69, 9.17) is 0 Å². The summed E-state index contributed by atoms with van der Waals surface area (Å²) in [7, 11) is 0. The van der Waals surface area contributed by atoms with Crippen LogP contribution in [0.4, 0.5) is 0 Å². The van der Waals surface area contributed by atoms with Gasteiger partial charge in [0.2, 0.25) is 0 Å². The van der Waals surface area contributed by atoms with Crippen molar-refractivity contribution in [3.05, 3.63) is 39.5 Å². The van der Waals surface area contributed by atoms with E-state index < -0.39 is 0 Å². The van der Waals surface area contributed by atoms with Gasteiger partial charge in [-0.2, -0.15) is 4.37 Å². The van der Waals surface area contributed by atoms with Gasteiger partial charge in [-0.05, 0) is 12.5 Å². The predicted octanol–water partition coefficient (Wildman–Crippen LogP) is 1.81. The summed E-state index contributed by atoms with van der Waals surface area (Å²) in [6.45, 7) is 1.99. The Morgan fingerprint density at radius 2 is 2.15 bits per heavy atom. The van der Waals surface area contributed by atoms with Crippen LogP contribution in [0.25, 0.3) is 11.4 Å². The Labute approximate surface area is 79.2 Å². The molecule has 0 aliphatic carbocycles. The minimum atomic E-state index is -0.113. The first-order chi connectivity index (χ1) is 6.27. The molecule has 0 saturated carbocycles. The molecule has 0 fully saturated rings. The number of aromatic amines is 1. The number of benzene rings is 1. The van der Waals surface area contributed by atoms with Crippen molar-refractivity contribution in [1.82, 2.24) is 9.36 Å². The van der Waals surface area contributed by atoms with Crippen molar-refractivity contribution in [3.8, 4) is 11.4 Å². The van der Waals surface area contributed by atoms with E-state index in [1.807, 2.05) is 31.2 Å². The van der Waals surface area contributed by atoms with Crippen LogP contribution in [-0.2, 0) is 0 Å². The van der Waals surface area contributed by atoms with E-state index in [1.54, 1.807) is 0 Å². The van der Waals surface area contributed by atoms with E-state index in [0.717, 1.165) is 22.7 Å². The maximum atomic E-state index is 10.9. The summed E-state index contributed by atoms with van der Waals surface area (Å²) in [6, 6.07) is 7.83. The molecule has 1 aromatic carbocycles. The largest absolute Gasteiger partial charge is 0.323 e. The molecular formula is C9H8N2OS. The van der Waals surface area contributed by atoms with Gasteiger partial charge in [0.05, 0.1) is 0 Å². The van der Waals surface area contributed by atoms with Crippen molar-refractivity contribution in [2.24, 2.45) is 0 Å². The van der Waals surface area contributed by atoms with Crippen LogP contribution in [-0.4, -0.2) is 9.36 Å². The third-order valence-electron chi connectivity index (χ3n) is 1.84. The maximum Gasteiger partial charge on any atom is 0.323 e. The molecule has 0 unspecified atom stereocenters. The lowest BCUT2D eigenvalue weighted by atomic mass is 10.1. The zero-order valence-corrected chi connectivity index (χ0v) is 7.89. The first-order valence-corrected chi connectivity index (χ1v) is 4.67. The molecule has 13 heavy (non-hydrogen) atoms. The summed E-state index contributed by atoms with van der Waals surface area (Å²) in [5, 5.41) is 0. The fourth-order valence-corrected chi connectivity index (χ4v) is 1.65. The quantitative estimate of drug-likeness (QED) is 0.749. The van der Waals surface area contributed by atoms with Gasteiger partial charge in [0.25, 0.3) is 0 Å². The molecule has 0 atom stereocenters. The first kappa shape index (κ1) is 8.19. The van der Waals surface area contributed by atoms with Crippen LogP contribution in [0.15, 0.2) is 29.1 Å². The van der Waals surface area contributed by atoms with E-state index in [0.29, 0.717) is 5.82 Å². The molecule has 0 aliphatic heterocycles. The maximum absolute atomic E-state index is 10.9. The highest BCUT2D eigenvalue weighted by Gasteiger charge is 2.03. The summed E-state index contributed by atoms with van der Waals surface area (Å²) < 4.78 is 4.02. The highest BCUT2D eigenvalue weighted by atomic mass is 32.1. The smallest absolute Gasteiger partial charge is 0.296 e. The Hall–Kier alpha value is -1.42. The molecule has 0 radical (unpaired) electrons. The van der Waals surface area contributed by atoms with Crippen molar-refractivity contribution in [2.75, 3.05) is 0 Å². The molecular weight excluding hydrogens is 184 g/mol. The average Bonchev–Trinajstić information content (AvgIpc) is 2.53. The zero-order chi connectivity index (χ0) is 9.26. The van der Waals surface area contributed by atoms with Crippen molar-refractivity contribution < 1.29 is 0 Å². The van der Waals surface area contributed by atoms with Gasteiger partial charge < -0.3 is 0 Å². The molecule has 1 heterocycles. The summed E-state index contributed by atoms with van der Waals surface area (Å²) in [4.78, 5) is 13.4. The number of aryl methyl sites for hydroxylation is 1. The van der Waals surface area contributed by atoms with Crippen molar-refractivity contribution in [1.29, 1.82) is 0 Å². The lowest BCUT2D eigenvalue weighted by molar-refractivity contribution is 1.27. The Kier molecular flexibility index (Phi) is 1.98. The van der Waals surface area contributed by atoms with Gasteiger partial charge in [-0.15, -0.1) is 0 Å². The second-order valence-electron chi connectivity index (χ2n) is 2.76. The number of H-pyrrole nitrogens is 1. The van der Waals surface area contributed by atoms with Gasteiger partial charge in [-0.1, -0.05) is 24.3 Å². The third-order valence-corrected chi connectivity index (χ3v) is 2.38. The fourth-order valence-electron chi connectivity index (χ4n) is 1.18. The Balaban J connectivity index is 2.58. The standard InChI is InChI=1S/C9H8N2OS/c1-6-4-2-3-5-7(6)8-10-9(12)13-11-8/h2-5H,1H3,(H,10,11,12). The monoisotopic (exact) mass is 192 g/mol. The lowest BCUT2D eigenvalue weighted by Gasteiger charge is -1.99. The van der Waals surface area contributed by atoms with Crippen LogP contribution in [0.5, 0.6) is 0 Å². The van der Waals surface area contributed by atoms with Crippen LogP contribution in [0.2, 0.25) is 0 Å². The summed E-state index contributed by atoms with van der Waals surface area (Å²) in [5.74, 6) is 0.660. The molecule has 0 bridgehead atoms. The molecule has 1 aromatic heterocycles. The van der Waals surface area contributed by atoms with Crippen LogP contribution in [0.3, 0.4) is 0 Å². The molecule has 2 rings (SSSR count). The summed E-state index contributed by atoms with van der Waals surface area (Å²) in [5.41, 5.74) is 2.10. The lowest BCUT2D eigenvalue weighted by Crippen LogP contribution is -1.93. The molecule has 0 spiro atoms. The molecule has 0 saturated heterocycles. The molecule has 4 heteroatoms. The molecule has 3 nitrogen and oxygen atoms in total. The van der Waals surface area contributed by atoms with E-state index in [2.05, 4.69) is 9.36 Å². The number of aromatic nitrogens is 2. The Bertz CT molecular complexity index is 472. The average molecular weight is 192 g/mol. The minimum absolute atomic E-state index is 0.113. The van der Waals surface area contributed by atoms with Crippen LogP contribution in [0.1, 0.15) is 5.56 Å². The molecule has 0 aliphatic rings. The number of nitrogens with zero attached hydrogens (tertiary/aromatic N) is 1. The van der Waals surface area contributed by atoms with Crippen LogP contribution < -0.4 is 4.87 Å². The third kappa shape index (κ3) is 1.53. The zero-order valence-electron chi connectivity index (χ0n) is 7.07. The topological polar surface area (TPSA) is 45.8 Å². The second kappa shape index (κ2) is 3.14. The van der Waals surface area contributed by atoms with Crippen molar-refractivity contribution in [2.45, 2.75) is 6.92 Å². The molecule has 1 N–H and O–H groups in total. The van der Waals surface area contributed by atoms with Gasteiger partial charge in [0, 0.05) is 17.1 Å². The second-order valence-corrected chi connectivity index (χ2v) is 3.49. The van der Waals surface area contributed by atoms with Gasteiger partial charge in [-0.25, -0.2) is 0 Å². The highest BCUT2D eigenvalue weighted by molar-refractivity contribution is 7.03. The van der Waals surface area contributed by atoms with Gasteiger partial charge in [0.15, 0.2) is 5.82 Å². The molecule has 2 aromatic rings. The van der Waals surface area contributed by atoms with Crippen LogP contribution in [0, 0.1) is 6.92 Å². The Morgan fingerprint density at radius 3 is 2.77 bits per heavy atom. The van der Waals surface area contributed by atoms with E-state index in [-0.39, 0.29) is 4.87 Å². The number of hydrogen-bond acceptors (Lipinski definition) is 3.